The van der Waals surface area contributed by atoms with Gasteiger partial charge in [-0.3, -0.25) is 4.79 Å². The van der Waals surface area contributed by atoms with Crippen molar-refractivity contribution in [1.29, 1.82) is 0 Å². The Morgan fingerprint density at radius 3 is 2.94 bits per heavy atom. The van der Waals surface area contributed by atoms with E-state index >= 15 is 0 Å². The third-order valence-electron chi connectivity index (χ3n) is 2.43. The van der Waals surface area contributed by atoms with Crippen LogP contribution in [0.3, 0.4) is 0 Å². The Labute approximate surface area is 119 Å². The van der Waals surface area contributed by atoms with E-state index in [2.05, 4.69) is 14.1 Å². The lowest BCUT2D eigenvalue weighted by molar-refractivity contribution is -0.116. The molecule has 0 aliphatic heterocycles. The summed E-state index contributed by atoms with van der Waals surface area (Å²) in [5.41, 5.74) is 1.91. The van der Waals surface area contributed by atoms with Crippen molar-refractivity contribution in [2.24, 2.45) is 0 Å². The molecule has 1 amide bonds. The van der Waals surface area contributed by atoms with Crippen LogP contribution in [0.4, 0.5) is 5.69 Å². The molecule has 0 aliphatic carbocycles. The van der Waals surface area contributed by atoms with Gasteiger partial charge in [-0.2, -0.15) is 8.75 Å². The number of carbonyl (C=O) groups is 1. The maximum absolute atomic E-state index is 11.7. The van der Waals surface area contributed by atoms with Crippen LogP contribution in [0.1, 0.15) is 19.3 Å². The minimum absolute atomic E-state index is 0.0810. The molecule has 1 aromatic carbocycles. The number of aromatic nitrogens is 2. The standard InChI is InChI=1S/C11H11Cl2N3OS/c12-6-2-1-3-9(17)14-10-7(13)4-5-8-11(10)16-18-15-8/h4-5H,1-3,6H2,(H,14,17). The fourth-order valence-electron chi connectivity index (χ4n) is 1.53. The van der Waals surface area contributed by atoms with Crippen molar-refractivity contribution in [1.82, 2.24) is 8.75 Å². The maximum Gasteiger partial charge on any atom is 0.224 e. The zero-order valence-corrected chi connectivity index (χ0v) is 11.8. The van der Waals surface area contributed by atoms with E-state index in [4.69, 9.17) is 23.2 Å². The zero-order chi connectivity index (χ0) is 13.0. The molecule has 0 saturated heterocycles. The molecule has 0 radical (unpaired) electrons. The second-order valence-electron chi connectivity index (χ2n) is 3.75. The minimum Gasteiger partial charge on any atom is -0.323 e. The number of nitrogens with zero attached hydrogens (tertiary/aromatic N) is 2. The number of fused-ring (bicyclic) bond motifs is 1. The van der Waals surface area contributed by atoms with Crippen molar-refractivity contribution >= 4 is 57.6 Å². The van der Waals surface area contributed by atoms with Crippen LogP contribution in [-0.4, -0.2) is 20.5 Å². The number of benzene rings is 1. The average Bonchev–Trinajstić information content (AvgIpc) is 2.82. The summed E-state index contributed by atoms with van der Waals surface area (Å²) in [6.07, 6.45) is 2.01. The molecule has 2 aromatic rings. The summed E-state index contributed by atoms with van der Waals surface area (Å²) in [6, 6.07) is 3.49. The fraction of sp³-hybridized carbons (Fsp3) is 0.364. The summed E-state index contributed by atoms with van der Waals surface area (Å²) >= 11 is 12.7. The molecule has 0 spiro atoms. The Hall–Kier alpha value is -0.910. The molecule has 7 heteroatoms. The highest BCUT2D eigenvalue weighted by molar-refractivity contribution is 7.00. The van der Waals surface area contributed by atoms with Crippen LogP contribution >= 0.6 is 34.9 Å². The van der Waals surface area contributed by atoms with Gasteiger partial charge in [0.25, 0.3) is 0 Å². The Kier molecular flexibility index (Phi) is 4.74. The number of halogens is 2. The molecular formula is C11H11Cl2N3OS. The molecular weight excluding hydrogens is 293 g/mol. The summed E-state index contributed by atoms with van der Waals surface area (Å²) in [7, 11) is 0. The van der Waals surface area contributed by atoms with Crippen molar-refractivity contribution in [2.75, 3.05) is 11.2 Å². The topological polar surface area (TPSA) is 54.9 Å². The number of unbranched alkanes of at least 4 members (excludes halogenated alkanes) is 1. The summed E-state index contributed by atoms with van der Waals surface area (Å²) in [5.74, 6) is 0.488. The maximum atomic E-state index is 11.7. The molecule has 0 atom stereocenters. The summed E-state index contributed by atoms with van der Waals surface area (Å²) in [4.78, 5) is 11.7. The number of hydrogen-bond acceptors (Lipinski definition) is 4. The molecule has 1 N–H and O–H groups in total. The molecule has 1 aromatic heterocycles. The van der Waals surface area contributed by atoms with Crippen LogP contribution in [0.25, 0.3) is 11.0 Å². The van der Waals surface area contributed by atoms with Crippen LogP contribution in [0.2, 0.25) is 5.02 Å². The number of anilines is 1. The molecule has 0 fully saturated rings. The first-order valence-corrected chi connectivity index (χ1v) is 7.13. The Morgan fingerprint density at radius 1 is 1.33 bits per heavy atom. The summed E-state index contributed by atoms with van der Waals surface area (Å²) in [6.45, 7) is 0. The predicted octanol–water partition coefficient (Wildman–Crippen LogP) is 3.69. The van der Waals surface area contributed by atoms with Crippen molar-refractivity contribution < 1.29 is 4.79 Å². The number of amides is 1. The molecule has 1 heterocycles. The lowest BCUT2D eigenvalue weighted by atomic mass is 10.2. The van der Waals surface area contributed by atoms with Gasteiger partial charge in [-0.25, -0.2) is 0 Å². The molecule has 96 valence electrons. The van der Waals surface area contributed by atoms with Crippen molar-refractivity contribution in [3.63, 3.8) is 0 Å². The van der Waals surface area contributed by atoms with Gasteiger partial charge in [0.1, 0.15) is 11.0 Å². The van der Waals surface area contributed by atoms with Gasteiger partial charge in [-0.1, -0.05) is 11.6 Å². The fourth-order valence-corrected chi connectivity index (χ4v) is 2.46. The Morgan fingerprint density at radius 2 is 2.17 bits per heavy atom. The first-order valence-electron chi connectivity index (χ1n) is 5.49. The van der Waals surface area contributed by atoms with Gasteiger partial charge < -0.3 is 5.32 Å². The lowest BCUT2D eigenvalue weighted by Crippen LogP contribution is -2.12. The number of rotatable bonds is 5. The molecule has 0 aliphatic rings. The quantitative estimate of drug-likeness (QED) is 0.677. The largest absolute Gasteiger partial charge is 0.323 e. The van der Waals surface area contributed by atoms with Crippen molar-refractivity contribution in [3.8, 4) is 0 Å². The van der Waals surface area contributed by atoms with Crippen LogP contribution in [0.15, 0.2) is 12.1 Å². The average molecular weight is 304 g/mol. The van der Waals surface area contributed by atoms with Crippen molar-refractivity contribution in [2.45, 2.75) is 19.3 Å². The molecule has 2 rings (SSSR count). The van der Waals surface area contributed by atoms with Gasteiger partial charge in [-0.05, 0) is 25.0 Å². The minimum atomic E-state index is -0.0810. The van der Waals surface area contributed by atoms with Crippen molar-refractivity contribution in [3.05, 3.63) is 17.2 Å². The molecule has 4 nitrogen and oxygen atoms in total. The number of alkyl halides is 1. The monoisotopic (exact) mass is 303 g/mol. The Bertz CT molecular complexity index is 558. The van der Waals surface area contributed by atoms with E-state index in [1.54, 1.807) is 12.1 Å². The van der Waals surface area contributed by atoms with Gasteiger partial charge in [0, 0.05) is 12.3 Å². The highest BCUT2D eigenvalue weighted by atomic mass is 35.5. The second-order valence-corrected chi connectivity index (χ2v) is 5.06. The molecule has 18 heavy (non-hydrogen) atoms. The number of carbonyl (C=O) groups excluding carboxylic acids is 1. The zero-order valence-electron chi connectivity index (χ0n) is 9.45. The van der Waals surface area contributed by atoms with Crippen LogP contribution in [-0.2, 0) is 4.79 Å². The molecule has 0 unspecified atom stereocenters. The van der Waals surface area contributed by atoms with E-state index in [9.17, 15) is 4.79 Å². The van der Waals surface area contributed by atoms with E-state index in [0.29, 0.717) is 28.5 Å². The lowest BCUT2D eigenvalue weighted by Gasteiger charge is -2.07. The van der Waals surface area contributed by atoms with Crippen LogP contribution in [0, 0.1) is 0 Å². The Balaban J connectivity index is 2.13. The predicted molar refractivity (Wildman–Crippen MR) is 75.6 cm³/mol. The van der Waals surface area contributed by atoms with E-state index in [1.165, 1.54) is 0 Å². The van der Waals surface area contributed by atoms with Gasteiger partial charge in [0.2, 0.25) is 5.91 Å². The van der Waals surface area contributed by atoms with Crippen LogP contribution < -0.4 is 5.32 Å². The summed E-state index contributed by atoms with van der Waals surface area (Å²) in [5, 5.41) is 3.26. The second kappa shape index (κ2) is 6.31. The number of nitrogens with one attached hydrogen (secondary N) is 1. The van der Waals surface area contributed by atoms with E-state index < -0.39 is 0 Å². The molecule has 0 saturated carbocycles. The van der Waals surface area contributed by atoms with E-state index in [-0.39, 0.29) is 5.91 Å². The van der Waals surface area contributed by atoms with Gasteiger partial charge in [0.05, 0.1) is 22.4 Å². The van der Waals surface area contributed by atoms with Gasteiger partial charge in [-0.15, -0.1) is 11.6 Å². The van der Waals surface area contributed by atoms with Gasteiger partial charge in [0.15, 0.2) is 0 Å². The first-order chi connectivity index (χ1) is 8.72. The SMILES string of the molecule is O=C(CCCCCl)Nc1c(Cl)ccc2nsnc12. The molecule has 0 bridgehead atoms. The van der Waals surface area contributed by atoms with Gasteiger partial charge >= 0.3 is 0 Å². The van der Waals surface area contributed by atoms with E-state index in [1.807, 2.05) is 0 Å². The van der Waals surface area contributed by atoms with Crippen LogP contribution in [0.5, 0.6) is 0 Å². The third kappa shape index (κ3) is 3.10. The third-order valence-corrected chi connectivity index (χ3v) is 3.55. The smallest absolute Gasteiger partial charge is 0.224 e. The summed E-state index contributed by atoms with van der Waals surface area (Å²) < 4.78 is 8.25. The highest BCUT2D eigenvalue weighted by Gasteiger charge is 2.12. The highest BCUT2D eigenvalue weighted by Crippen LogP contribution is 2.30. The van der Waals surface area contributed by atoms with E-state index in [0.717, 1.165) is 30.1 Å². The normalized spacial score (nSPS) is 10.8. The first kappa shape index (κ1) is 13.5. The number of hydrogen-bond donors (Lipinski definition) is 1.